The second-order valence-electron chi connectivity index (χ2n) is 10.1. The van der Waals surface area contributed by atoms with E-state index in [2.05, 4.69) is 30.1 Å². The van der Waals surface area contributed by atoms with Crippen LogP contribution in [0.3, 0.4) is 0 Å². The lowest BCUT2D eigenvalue weighted by Gasteiger charge is -2.25. The molecule has 4 heteroatoms. The number of nitrogens with zero attached hydrogens (tertiary/aromatic N) is 2. The van der Waals surface area contributed by atoms with Gasteiger partial charge in [0.2, 0.25) is 0 Å². The number of hydrogen-bond donors (Lipinski definition) is 0. The summed E-state index contributed by atoms with van der Waals surface area (Å²) >= 11 is 0. The molecular weight excluding hydrogens is 414 g/mol. The summed E-state index contributed by atoms with van der Waals surface area (Å²) in [5.74, 6) is 2.56. The quantitative estimate of drug-likeness (QED) is 0.288. The van der Waals surface area contributed by atoms with Crippen LogP contribution >= 0.6 is 0 Å². The number of halogens is 2. The van der Waals surface area contributed by atoms with Crippen molar-refractivity contribution in [2.75, 3.05) is 0 Å². The Labute approximate surface area is 195 Å². The Morgan fingerprint density at radius 2 is 1.76 bits per heavy atom. The maximum Gasteiger partial charge on any atom is 0.320 e. The Kier molecular flexibility index (Phi) is 6.62. The van der Waals surface area contributed by atoms with Crippen LogP contribution in [0.15, 0.2) is 60.2 Å². The lowest BCUT2D eigenvalue weighted by Crippen LogP contribution is -2.14. The molecule has 2 aromatic carbocycles. The van der Waals surface area contributed by atoms with Crippen LogP contribution in [-0.2, 0) is 0 Å². The van der Waals surface area contributed by atoms with Gasteiger partial charge in [0.1, 0.15) is 5.82 Å². The van der Waals surface area contributed by atoms with Crippen molar-refractivity contribution in [2.24, 2.45) is 11.8 Å². The third-order valence-corrected chi connectivity index (χ3v) is 8.03. The molecule has 0 bridgehead atoms. The number of rotatable bonds is 4. The van der Waals surface area contributed by atoms with Crippen LogP contribution in [0.2, 0.25) is 0 Å². The summed E-state index contributed by atoms with van der Waals surface area (Å²) in [6.45, 7) is -0.340. The summed E-state index contributed by atoms with van der Waals surface area (Å²) in [4.78, 5) is 4.58. The SMILES string of the molecule is CC1=CCCC(C2CCCC(c3cccc(-c4nc5ccccc5n4C(F)F)c3)CC2)CC1. The Balaban J connectivity index is 1.36. The van der Waals surface area contributed by atoms with Crippen molar-refractivity contribution in [1.82, 2.24) is 9.55 Å². The highest BCUT2D eigenvalue weighted by molar-refractivity contribution is 5.80. The average molecular weight is 449 g/mol. The first-order valence-electron chi connectivity index (χ1n) is 12.6. The number of fused-ring (bicyclic) bond motifs is 1. The second-order valence-corrected chi connectivity index (χ2v) is 10.1. The van der Waals surface area contributed by atoms with Crippen LogP contribution in [0, 0.1) is 11.8 Å². The number of allylic oxidation sites excluding steroid dienone is 2. The number of para-hydroxylation sites is 2. The van der Waals surface area contributed by atoms with Crippen LogP contribution in [0.5, 0.6) is 0 Å². The van der Waals surface area contributed by atoms with E-state index in [9.17, 15) is 8.78 Å². The molecule has 0 amide bonds. The lowest BCUT2D eigenvalue weighted by molar-refractivity contribution is 0.0764. The molecule has 33 heavy (non-hydrogen) atoms. The van der Waals surface area contributed by atoms with Crippen molar-refractivity contribution in [3.63, 3.8) is 0 Å². The van der Waals surface area contributed by atoms with Gasteiger partial charge in [0, 0.05) is 5.56 Å². The standard InChI is InChI=1S/C29H34F2N2/c1-20-7-4-8-21(16-15-20)22-9-5-10-23(18-17-22)24-11-6-12-25(19-24)28-32-26-13-2-3-14-27(26)33(28)29(30)31/h2-3,6-7,11-14,19,21-23,29H,4-5,8-10,15-18H2,1H3. The highest BCUT2D eigenvalue weighted by Gasteiger charge is 2.27. The molecule has 5 rings (SSSR count). The Bertz CT molecular complexity index is 1130. The van der Waals surface area contributed by atoms with Crippen molar-refractivity contribution in [3.8, 4) is 11.4 Å². The molecule has 0 spiro atoms. The van der Waals surface area contributed by atoms with E-state index in [4.69, 9.17) is 0 Å². The Hall–Kier alpha value is -2.49. The predicted molar refractivity (Wildman–Crippen MR) is 131 cm³/mol. The molecule has 2 aliphatic rings. The van der Waals surface area contributed by atoms with Crippen LogP contribution in [-0.4, -0.2) is 9.55 Å². The van der Waals surface area contributed by atoms with Crippen LogP contribution < -0.4 is 0 Å². The molecule has 3 atom stereocenters. The summed E-state index contributed by atoms with van der Waals surface area (Å²) in [6.07, 6.45) is 13.9. The summed E-state index contributed by atoms with van der Waals surface area (Å²) < 4.78 is 29.0. The van der Waals surface area contributed by atoms with Gasteiger partial charge in [0.15, 0.2) is 0 Å². The van der Waals surface area contributed by atoms with E-state index in [-0.39, 0.29) is 0 Å². The van der Waals surface area contributed by atoms with Crippen molar-refractivity contribution < 1.29 is 8.78 Å². The van der Waals surface area contributed by atoms with E-state index in [1.807, 2.05) is 18.2 Å². The number of hydrogen-bond acceptors (Lipinski definition) is 1. The van der Waals surface area contributed by atoms with Crippen molar-refractivity contribution in [2.45, 2.75) is 77.2 Å². The molecule has 1 fully saturated rings. The topological polar surface area (TPSA) is 17.8 Å². The zero-order valence-electron chi connectivity index (χ0n) is 19.5. The number of imidazole rings is 1. The minimum absolute atomic E-state index is 0.362. The van der Waals surface area contributed by atoms with Gasteiger partial charge in [0.25, 0.3) is 0 Å². The molecule has 174 valence electrons. The first kappa shape index (κ1) is 22.3. The van der Waals surface area contributed by atoms with Crippen LogP contribution in [0.4, 0.5) is 8.78 Å². The molecule has 0 N–H and O–H groups in total. The molecule has 2 aliphatic carbocycles. The fourth-order valence-corrected chi connectivity index (χ4v) is 6.19. The van der Waals surface area contributed by atoms with Gasteiger partial charge >= 0.3 is 6.55 Å². The Morgan fingerprint density at radius 3 is 2.64 bits per heavy atom. The zero-order valence-corrected chi connectivity index (χ0v) is 19.5. The highest BCUT2D eigenvalue weighted by Crippen LogP contribution is 2.41. The monoisotopic (exact) mass is 448 g/mol. The summed E-state index contributed by atoms with van der Waals surface area (Å²) in [7, 11) is 0. The first-order valence-corrected chi connectivity index (χ1v) is 12.6. The maximum absolute atomic E-state index is 14.0. The van der Waals surface area contributed by atoms with E-state index >= 15 is 0 Å². The third-order valence-electron chi connectivity index (χ3n) is 8.03. The molecule has 1 aromatic heterocycles. The maximum atomic E-state index is 14.0. The normalized spacial score (nSPS) is 24.5. The average Bonchev–Trinajstić information content (AvgIpc) is 2.93. The van der Waals surface area contributed by atoms with Gasteiger partial charge in [-0.3, -0.25) is 4.57 Å². The van der Waals surface area contributed by atoms with Crippen LogP contribution in [0.1, 0.15) is 82.7 Å². The molecule has 0 saturated heterocycles. The van der Waals surface area contributed by atoms with E-state index in [0.717, 1.165) is 22.0 Å². The largest absolute Gasteiger partial charge is 0.320 e. The predicted octanol–water partition coefficient (Wildman–Crippen LogP) is 8.90. The van der Waals surface area contributed by atoms with E-state index in [1.54, 1.807) is 23.8 Å². The van der Waals surface area contributed by atoms with Crippen molar-refractivity contribution in [3.05, 3.63) is 65.7 Å². The van der Waals surface area contributed by atoms with Gasteiger partial charge in [0.05, 0.1) is 11.0 Å². The molecule has 0 radical (unpaired) electrons. The minimum Gasteiger partial charge on any atom is -0.266 e. The van der Waals surface area contributed by atoms with E-state index < -0.39 is 6.55 Å². The number of alkyl halides is 2. The third kappa shape index (κ3) is 4.76. The van der Waals surface area contributed by atoms with Gasteiger partial charge in [-0.2, -0.15) is 8.78 Å². The molecule has 3 unspecified atom stereocenters. The smallest absolute Gasteiger partial charge is 0.266 e. The molecule has 2 nitrogen and oxygen atoms in total. The fraction of sp³-hybridized carbons (Fsp3) is 0.483. The number of aromatic nitrogens is 2. The van der Waals surface area contributed by atoms with Gasteiger partial charge < -0.3 is 0 Å². The van der Waals surface area contributed by atoms with Gasteiger partial charge in [-0.1, -0.05) is 54.8 Å². The van der Waals surface area contributed by atoms with Gasteiger partial charge in [-0.05, 0) is 93.4 Å². The fourth-order valence-electron chi connectivity index (χ4n) is 6.19. The van der Waals surface area contributed by atoms with Gasteiger partial charge in [-0.15, -0.1) is 0 Å². The minimum atomic E-state index is -2.62. The van der Waals surface area contributed by atoms with E-state index in [1.165, 1.54) is 63.4 Å². The van der Waals surface area contributed by atoms with Gasteiger partial charge in [-0.25, -0.2) is 4.98 Å². The molecule has 0 aliphatic heterocycles. The zero-order chi connectivity index (χ0) is 22.8. The molecule has 1 saturated carbocycles. The van der Waals surface area contributed by atoms with E-state index in [0.29, 0.717) is 22.8 Å². The van der Waals surface area contributed by atoms with Crippen LogP contribution in [0.25, 0.3) is 22.4 Å². The van der Waals surface area contributed by atoms with Crippen molar-refractivity contribution >= 4 is 11.0 Å². The molecule has 3 aromatic rings. The first-order chi connectivity index (χ1) is 16.1. The summed E-state index contributed by atoms with van der Waals surface area (Å²) in [5, 5.41) is 0. The molecular formula is C29H34F2N2. The lowest BCUT2D eigenvalue weighted by atomic mass is 9.80. The summed E-state index contributed by atoms with van der Waals surface area (Å²) in [5.41, 5.74) is 4.73. The molecule has 1 heterocycles. The van der Waals surface area contributed by atoms with Crippen molar-refractivity contribution in [1.29, 1.82) is 0 Å². The second kappa shape index (κ2) is 9.79. The Morgan fingerprint density at radius 1 is 0.909 bits per heavy atom. The summed E-state index contributed by atoms with van der Waals surface area (Å²) in [6, 6.07) is 15.4. The number of benzene rings is 2. The highest BCUT2D eigenvalue weighted by atomic mass is 19.3.